The summed E-state index contributed by atoms with van der Waals surface area (Å²) in [5.41, 5.74) is 1.37. The van der Waals surface area contributed by atoms with E-state index in [4.69, 9.17) is 23.2 Å². The maximum atomic E-state index is 12.6. The van der Waals surface area contributed by atoms with Crippen LogP contribution in [0.5, 0.6) is 0 Å². The van der Waals surface area contributed by atoms with Crippen LogP contribution in [0.3, 0.4) is 0 Å². The Morgan fingerprint density at radius 2 is 1.90 bits per heavy atom. The summed E-state index contributed by atoms with van der Waals surface area (Å²) in [6.07, 6.45) is 4.56. The van der Waals surface area contributed by atoms with Crippen LogP contribution in [0.2, 0.25) is 10.2 Å². The van der Waals surface area contributed by atoms with Crippen LogP contribution in [0.25, 0.3) is 5.65 Å². The zero-order valence-corrected chi connectivity index (χ0v) is 17.7. The lowest BCUT2D eigenvalue weighted by Gasteiger charge is -2.05. The van der Waals surface area contributed by atoms with Crippen LogP contribution >= 0.6 is 35.0 Å². The minimum Gasteiger partial charge on any atom is -0.322 e. The molecule has 1 amide bonds. The van der Waals surface area contributed by atoms with Crippen LogP contribution in [-0.4, -0.2) is 30.1 Å². The van der Waals surface area contributed by atoms with Crippen LogP contribution in [0.1, 0.15) is 5.56 Å². The number of carbonyl (C=O) groups is 1. The molecule has 0 fully saturated rings. The number of aromatic nitrogens is 5. The first-order chi connectivity index (χ1) is 14.5. The van der Waals surface area contributed by atoms with E-state index in [0.29, 0.717) is 27.1 Å². The summed E-state index contributed by atoms with van der Waals surface area (Å²) in [5, 5.41) is 8.33. The molecule has 3 aromatic heterocycles. The van der Waals surface area contributed by atoms with E-state index in [1.54, 1.807) is 12.1 Å². The lowest BCUT2D eigenvalue weighted by atomic mass is 10.2. The third-order valence-corrected chi connectivity index (χ3v) is 5.68. The fraction of sp³-hybridized carbons (Fsp3) is 0.105. The number of fused-ring (bicyclic) bond motifs is 1. The zero-order valence-electron chi connectivity index (χ0n) is 15.3. The molecule has 4 rings (SSSR count). The van der Waals surface area contributed by atoms with Crippen molar-refractivity contribution >= 4 is 52.2 Å². The second kappa shape index (κ2) is 8.86. The average Bonchev–Trinajstić information content (AvgIpc) is 3.05. The number of benzene rings is 1. The van der Waals surface area contributed by atoms with Gasteiger partial charge in [-0.15, -0.1) is 5.10 Å². The van der Waals surface area contributed by atoms with E-state index in [1.165, 1.54) is 34.8 Å². The van der Waals surface area contributed by atoms with Gasteiger partial charge in [-0.1, -0.05) is 47.1 Å². The maximum Gasteiger partial charge on any atom is 0.350 e. The van der Waals surface area contributed by atoms with E-state index in [-0.39, 0.29) is 11.7 Å². The van der Waals surface area contributed by atoms with Gasteiger partial charge in [0.05, 0.1) is 5.69 Å². The summed E-state index contributed by atoms with van der Waals surface area (Å²) in [6.45, 7) is -0.271. The predicted octanol–water partition coefficient (Wildman–Crippen LogP) is 3.52. The van der Waals surface area contributed by atoms with E-state index < -0.39 is 11.6 Å². The van der Waals surface area contributed by atoms with Gasteiger partial charge in [0, 0.05) is 29.4 Å². The Morgan fingerprint density at radius 1 is 1.10 bits per heavy atom. The number of halogens is 2. The molecule has 0 bridgehead atoms. The number of amides is 1. The highest BCUT2D eigenvalue weighted by molar-refractivity contribution is 7.98. The Balaban J connectivity index is 1.53. The molecule has 0 unspecified atom stereocenters. The highest BCUT2D eigenvalue weighted by Crippen LogP contribution is 2.24. The molecule has 30 heavy (non-hydrogen) atoms. The molecular formula is C19H14Cl2N6O2S. The fourth-order valence-electron chi connectivity index (χ4n) is 2.67. The first-order valence-electron chi connectivity index (χ1n) is 8.73. The molecule has 152 valence electrons. The van der Waals surface area contributed by atoms with Crippen molar-refractivity contribution in [3.05, 3.63) is 81.2 Å². The molecule has 0 saturated heterocycles. The fourth-order valence-corrected chi connectivity index (χ4v) is 3.86. The van der Waals surface area contributed by atoms with Crippen molar-refractivity contribution in [2.24, 2.45) is 0 Å². The standard InChI is InChI=1S/C19H14Cl2N6O2S/c20-13-5-3-12(4-6-13)11-30-18-17-25-27(19(29)26(17)9-8-23-18)10-15(28)24-14-2-1-7-22-16(14)21/h1-9H,10-11H2,(H,24,28). The Hall–Kier alpha value is -2.88. The topological polar surface area (TPSA) is 94.2 Å². The van der Waals surface area contributed by atoms with E-state index in [9.17, 15) is 9.59 Å². The number of nitrogens with one attached hydrogen (secondary N) is 1. The quantitative estimate of drug-likeness (QED) is 0.349. The van der Waals surface area contributed by atoms with Crippen molar-refractivity contribution in [2.45, 2.75) is 17.3 Å². The van der Waals surface area contributed by atoms with Gasteiger partial charge in [0.15, 0.2) is 10.8 Å². The molecule has 3 heterocycles. The first-order valence-corrected chi connectivity index (χ1v) is 10.5. The van der Waals surface area contributed by atoms with Crippen molar-refractivity contribution in [2.75, 3.05) is 5.32 Å². The number of carbonyl (C=O) groups excluding carboxylic acids is 1. The number of thioether (sulfide) groups is 1. The van der Waals surface area contributed by atoms with Gasteiger partial charge in [-0.3, -0.25) is 4.79 Å². The number of hydrogen-bond donors (Lipinski definition) is 1. The van der Waals surface area contributed by atoms with Crippen molar-refractivity contribution in [1.29, 1.82) is 0 Å². The molecule has 0 aliphatic rings. The molecule has 0 radical (unpaired) electrons. The Morgan fingerprint density at radius 3 is 2.67 bits per heavy atom. The molecule has 1 aromatic carbocycles. The number of hydrogen-bond acceptors (Lipinski definition) is 6. The molecule has 8 nitrogen and oxygen atoms in total. The lowest BCUT2D eigenvalue weighted by Crippen LogP contribution is -2.28. The minimum atomic E-state index is -0.446. The summed E-state index contributed by atoms with van der Waals surface area (Å²) >= 11 is 13.3. The summed E-state index contributed by atoms with van der Waals surface area (Å²) in [6, 6.07) is 10.8. The normalized spacial score (nSPS) is 11.0. The van der Waals surface area contributed by atoms with Crippen molar-refractivity contribution in [3.63, 3.8) is 0 Å². The first kappa shape index (κ1) is 20.4. The van der Waals surface area contributed by atoms with Crippen LogP contribution in [0.15, 0.2) is 64.8 Å². The Bertz CT molecular complexity index is 1270. The van der Waals surface area contributed by atoms with E-state index in [0.717, 1.165) is 10.2 Å². The Labute approximate surface area is 184 Å². The van der Waals surface area contributed by atoms with Crippen LogP contribution in [0.4, 0.5) is 5.69 Å². The van der Waals surface area contributed by atoms with Gasteiger partial charge in [-0.05, 0) is 29.8 Å². The Kier molecular flexibility index (Phi) is 6.03. The number of anilines is 1. The molecule has 0 aliphatic carbocycles. The monoisotopic (exact) mass is 460 g/mol. The van der Waals surface area contributed by atoms with E-state index >= 15 is 0 Å². The van der Waals surface area contributed by atoms with Crippen molar-refractivity contribution < 1.29 is 4.79 Å². The smallest absolute Gasteiger partial charge is 0.322 e. The van der Waals surface area contributed by atoms with Crippen molar-refractivity contribution in [3.8, 4) is 0 Å². The SMILES string of the molecule is O=C(Cn1nc2c(SCc3ccc(Cl)cc3)nccn2c1=O)Nc1cccnc1Cl. The summed E-state index contributed by atoms with van der Waals surface area (Å²) in [4.78, 5) is 33.2. The number of rotatable bonds is 6. The van der Waals surface area contributed by atoms with Crippen LogP contribution < -0.4 is 11.0 Å². The molecule has 4 aromatic rings. The van der Waals surface area contributed by atoms with Gasteiger partial charge in [0.1, 0.15) is 11.6 Å². The predicted molar refractivity (Wildman–Crippen MR) is 116 cm³/mol. The third-order valence-electron chi connectivity index (χ3n) is 4.08. The zero-order chi connectivity index (χ0) is 21.1. The summed E-state index contributed by atoms with van der Waals surface area (Å²) in [5.74, 6) is 0.184. The molecule has 11 heteroatoms. The second-order valence-corrected chi connectivity index (χ2v) is 7.93. The number of nitrogens with zero attached hydrogens (tertiary/aromatic N) is 5. The second-order valence-electron chi connectivity index (χ2n) is 6.17. The number of pyridine rings is 1. The highest BCUT2D eigenvalue weighted by atomic mass is 35.5. The molecule has 0 aliphatic heterocycles. The maximum absolute atomic E-state index is 12.6. The van der Waals surface area contributed by atoms with Gasteiger partial charge < -0.3 is 5.32 Å². The van der Waals surface area contributed by atoms with Gasteiger partial charge in [-0.2, -0.15) is 0 Å². The largest absolute Gasteiger partial charge is 0.350 e. The van der Waals surface area contributed by atoms with E-state index in [1.807, 2.05) is 24.3 Å². The molecule has 1 N–H and O–H groups in total. The third kappa shape index (κ3) is 4.48. The molecule has 0 saturated carbocycles. The van der Waals surface area contributed by atoms with Crippen molar-refractivity contribution in [1.82, 2.24) is 24.1 Å². The van der Waals surface area contributed by atoms with Gasteiger partial charge in [0.2, 0.25) is 5.91 Å². The molecule has 0 spiro atoms. The van der Waals surface area contributed by atoms with Gasteiger partial charge in [-0.25, -0.2) is 23.8 Å². The molecule has 0 atom stereocenters. The minimum absolute atomic E-state index is 0.165. The molecular weight excluding hydrogens is 447 g/mol. The summed E-state index contributed by atoms with van der Waals surface area (Å²) < 4.78 is 2.45. The summed E-state index contributed by atoms with van der Waals surface area (Å²) in [7, 11) is 0. The van der Waals surface area contributed by atoms with Crippen LogP contribution in [-0.2, 0) is 17.1 Å². The van der Waals surface area contributed by atoms with Crippen LogP contribution in [0, 0.1) is 0 Å². The van der Waals surface area contributed by atoms with E-state index in [2.05, 4.69) is 20.4 Å². The van der Waals surface area contributed by atoms with Gasteiger partial charge >= 0.3 is 5.69 Å². The average molecular weight is 461 g/mol. The highest BCUT2D eigenvalue weighted by Gasteiger charge is 2.15. The van der Waals surface area contributed by atoms with Gasteiger partial charge in [0.25, 0.3) is 0 Å². The lowest BCUT2D eigenvalue weighted by molar-refractivity contribution is -0.117.